The SMILES string of the molecule is FC(F)(F)Oc1ccc(Oc2ncncc2Cl)cc1Br. The first-order chi connectivity index (χ1) is 9.35. The molecule has 1 aromatic heterocycles. The molecule has 0 aliphatic rings. The Morgan fingerprint density at radius 2 is 2.00 bits per heavy atom. The quantitative estimate of drug-likeness (QED) is 0.794. The van der Waals surface area contributed by atoms with Gasteiger partial charge in [0.15, 0.2) is 0 Å². The van der Waals surface area contributed by atoms with E-state index < -0.39 is 6.36 Å². The number of alkyl halides is 3. The summed E-state index contributed by atoms with van der Waals surface area (Å²) in [6.45, 7) is 0. The van der Waals surface area contributed by atoms with Crippen LogP contribution in [0.3, 0.4) is 0 Å². The zero-order valence-corrected chi connectivity index (χ0v) is 11.8. The number of halogens is 5. The summed E-state index contributed by atoms with van der Waals surface area (Å²) < 4.78 is 45.6. The molecule has 4 nitrogen and oxygen atoms in total. The van der Waals surface area contributed by atoms with Crippen molar-refractivity contribution in [2.24, 2.45) is 0 Å². The number of aromatic nitrogens is 2. The Labute approximate surface area is 124 Å². The molecule has 0 bridgehead atoms. The van der Waals surface area contributed by atoms with Gasteiger partial charge in [-0.3, -0.25) is 0 Å². The van der Waals surface area contributed by atoms with Gasteiger partial charge in [-0.15, -0.1) is 13.2 Å². The highest BCUT2D eigenvalue weighted by Crippen LogP contribution is 2.35. The molecule has 1 aromatic carbocycles. The Morgan fingerprint density at radius 1 is 1.25 bits per heavy atom. The average Bonchev–Trinajstić information content (AvgIpc) is 2.34. The molecule has 0 spiro atoms. The molecule has 0 atom stereocenters. The van der Waals surface area contributed by atoms with E-state index in [1.165, 1.54) is 24.7 Å². The molecule has 0 aliphatic carbocycles. The second-order valence-electron chi connectivity index (χ2n) is 3.42. The first-order valence-corrected chi connectivity index (χ1v) is 6.21. The molecule has 1 heterocycles. The molecule has 2 aromatic rings. The van der Waals surface area contributed by atoms with Crippen molar-refractivity contribution in [2.45, 2.75) is 6.36 Å². The van der Waals surface area contributed by atoms with Gasteiger partial charge in [-0.2, -0.15) is 0 Å². The maximum Gasteiger partial charge on any atom is 0.573 e. The summed E-state index contributed by atoms with van der Waals surface area (Å²) in [5.41, 5.74) is 0. The van der Waals surface area contributed by atoms with E-state index in [0.29, 0.717) is 0 Å². The zero-order valence-electron chi connectivity index (χ0n) is 9.49. The van der Waals surface area contributed by atoms with E-state index in [-0.39, 0.29) is 26.9 Å². The molecule has 0 N–H and O–H groups in total. The summed E-state index contributed by atoms with van der Waals surface area (Å²) >= 11 is 8.76. The summed E-state index contributed by atoms with van der Waals surface area (Å²) in [7, 11) is 0. The van der Waals surface area contributed by atoms with Crippen molar-refractivity contribution in [1.82, 2.24) is 9.97 Å². The number of nitrogens with zero attached hydrogens (tertiary/aromatic N) is 2. The van der Waals surface area contributed by atoms with Crippen LogP contribution in [0.2, 0.25) is 5.02 Å². The smallest absolute Gasteiger partial charge is 0.437 e. The second kappa shape index (κ2) is 5.84. The van der Waals surface area contributed by atoms with E-state index in [1.807, 2.05) is 0 Å². The Bertz CT molecular complexity index is 625. The van der Waals surface area contributed by atoms with Gasteiger partial charge in [0.25, 0.3) is 0 Å². The number of ether oxygens (including phenoxy) is 2. The Morgan fingerprint density at radius 3 is 2.60 bits per heavy atom. The number of hydrogen-bond donors (Lipinski definition) is 0. The van der Waals surface area contributed by atoms with Crippen molar-refractivity contribution in [2.75, 3.05) is 0 Å². The molecule has 0 amide bonds. The standard InChI is InChI=1S/C11H5BrClF3N2O2/c12-7-3-6(1-2-9(7)20-11(14,15)16)19-10-8(13)4-17-5-18-10/h1-5H. The molecule has 106 valence electrons. The minimum absolute atomic E-state index is 0.0810. The van der Waals surface area contributed by atoms with Crippen LogP contribution in [0.1, 0.15) is 0 Å². The van der Waals surface area contributed by atoms with Crippen molar-refractivity contribution < 1.29 is 22.6 Å². The molecule has 0 fully saturated rings. The van der Waals surface area contributed by atoms with Crippen molar-refractivity contribution >= 4 is 27.5 Å². The highest BCUT2D eigenvalue weighted by Gasteiger charge is 2.32. The predicted molar refractivity (Wildman–Crippen MR) is 67.9 cm³/mol. The van der Waals surface area contributed by atoms with Gasteiger partial charge in [0, 0.05) is 0 Å². The molecular weight excluding hydrogens is 364 g/mol. The lowest BCUT2D eigenvalue weighted by Crippen LogP contribution is -2.17. The van der Waals surface area contributed by atoms with Crippen LogP contribution in [0, 0.1) is 0 Å². The highest BCUT2D eigenvalue weighted by atomic mass is 79.9. The molecule has 9 heteroatoms. The second-order valence-corrected chi connectivity index (χ2v) is 4.68. The molecule has 0 unspecified atom stereocenters. The first-order valence-electron chi connectivity index (χ1n) is 5.04. The predicted octanol–water partition coefficient (Wildman–Crippen LogP) is 4.58. The van der Waals surface area contributed by atoms with E-state index in [2.05, 4.69) is 30.6 Å². The number of rotatable bonds is 3. The van der Waals surface area contributed by atoms with E-state index >= 15 is 0 Å². The van der Waals surface area contributed by atoms with Crippen molar-refractivity contribution in [1.29, 1.82) is 0 Å². The van der Waals surface area contributed by atoms with Gasteiger partial charge in [0.1, 0.15) is 22.8 Å². The normalized spacial score (nSPS) is 11.2. The maximum atomic E-state index is 12.1. The molecule has 0 aliphatic heterocycles. The average molecular weight is 370 g/mol. The third kappa shape index (κ3) is 3.97. The summed E-state index contributed by atoms with van der Waals surface area (Å²) in [6.07, 6.45) is -2.20. The maximum absolute atomic E-state index is 12.1. The van der Waals surface area contributed by atoms with Crippen LogP contribution in [0.5, 0.6) is 17.4 Å². The monoisotopic (exact) mass is 368 g/mol. The van der Waals surface area contributed by atoms with Gasteiger partial charge in [-0.05, 0) is 34.1 Å². The van der Waals surface area contributed by atoms with Crippen molar-refractivity contribution in [3.8, 4) is 17.4 Å². The van der Waals surface area contributed by atoms with Gasteiger partial charge < -0.3 is 9.47 Å². The fourth-order valence-electron chi connectivity index (χ4n) is 1.24. The number of benzene rings is 1. The van der Waals surface area contributed by atoms with Crippen LogP contribution in [0.25, 0.3) is 0 Å². The van der Waals surface area contributed by atoms with Gasteiger partial charge in [0.2, 0.25) is 5.88 Å². The summed E-state index contributed by atoms with van der Waals surface area (Å²) in [6, 6.07) is 3.71. The van der Waals surface area contributed by atoms with Crippen LogP contribution >= 0.6 is 27.5 Å². The first kappa shape index (κ1) is 14.9. The van der Waals surface area contributed by atoms with Crippen LogP contribution in [0.4, 0.5) is 13.2 Å². The Balaban J connectivity index is 2.19. The van der Waals surface area contributed by atoms with Crippen LogP contribution in [0.15, 0.2) is 35.2 Å². The zero-order chi connectivity index (χ0) is 14.8. The van der Waals surface area contributed by atoms with Crippen molar-refractivity contribution in [3.05, 3.63) is 40.2 Å². The largest absolute Gasteiger partial charge is 0.573 e. The van der Waals surface area contributed by atoms with Gasteiger partial charge in [-0.1, -0.05) is 11.6 Å². The van der Waals surface area contributed by atoms with Gasteiger partial charge in [0.05, 0.1) is 10.7 Å². The lowest BCUT2D eigenvalue weighted by molar-refractivity contribution is -0.274. The topological polar surface area (TPSA) is 44.2 Å². The van der Waals surface area contributed by atoms with E-state index in [1.54, 1.807) is 0 Å². The molecule has 0 radical (unpaired) electrons. The lowest BCUT2D eigenvalue weighted by Gasteiger charge is -2.12. The minimum atomic E-state index is -4.76. The van der Waals surface area contributed by atoms with Gasteiger partial charge in [-0.25, -0.2) is 9.97 Å². The van der Waals surface area contributed by atoms with Crippen molar-refractivity contribution in [3.63, 3.8) is 0 Å². The molecule has 0 saturated heterocycles. The van der Waals surface area contributed by atoms with Gasteiger partial charge >= 0.3 is 6.36 Å². The molecule has 0 saturated carbocycles. The molecular formula is C11H5BrClF3N2O2. The van der Waals surface area contributed by atoms with Crippen LogP contribution < -0.4 is 9.47 Å². The Kier molecular flexibility index (Phi) is 4.34. The van der Waals surface area contributed by atoms with E-state index in [9.17, 15) is 13.2 Å². The fraction of sp³-hybridized carbons (Fsp3) is 0.0909. The summed E-state index contributed by atoms with van der Waals surface area (Å²) in [4.78, 5) is 7.47. The summed E-state index contributed by atoms with van der Waals surface area (Å²) in [5.74, 6) is -0.0382. The molecule has 2 rings (SSSR count). The third-order valence-corrected chi connectivity index (χ3v) is 2.86. The van der Waals surface area contributed by atoms with Crippen LogP contribution in [-0.4, -0.2) is 16.3 Å². The molecule has 20 heavy (non-hydrogen) atoms. The van der Waals surface area contributed by atoms with E-state index in [4.69, 9.17) is 16.3 Å². The highest BCUT2D eigenvalue weighted by molar-refractivity contribution is 9.10. The van der Waals surface area contributed by atoms with E-state index in [0.717, 1.165) is 6.07 Å². The lowest BCUT2D eigenvalue weighted by atomic mass is 10.3. The minimum Gasteiger partial charge on any atom is -0.437 e. The summed E-state index contributed by atoms with van der Waals surface area (Å²) in [5, 5.41) is 0.180. The van der Waals surface area contributed by atoms with Crippen LogP contribution in [-0.2, 0) is 0 Å². The third-order valence-electron chi connectivity index (χ3n) is 1.98. The fourth-order valence-corrected chi connectivity index (χ4v) is 1.82. The Hall–Kier alpha value is -1.54. The number of hydrogen-bond acceptors (Lipinski definition) is 4.